The molecule has 0 fully saturated rings. The van der Waals surface area contributed by atoms with Crippen molar-refractivity contribution >= 4 is 23.5 Å². The Hall–Kier alpha value is -4.22. The van der Waals surface area contributed by atoms with Crippen molar-refractivity contribution in [3.8, 4) is 5.75 Å². The number of ether oxygens (including phenoxy) is 2. The van der Waals surface area contributed by atoms with E-state index in [4.69, 9.17) is 15.2 Å². The molecule has 11 heteroatoms. The van der Waals surface area contributed by atoms with E-state index in [-0.39, 0.29) is 24.9 Å². The highest BCUT2D eigenvalue weighted by molar-refractivity contribution is 5.98. The van der Waals surface area contributed by atoms with E-state index in [2.05, 4.69) is 15.6 Å². The van der Waals surface area contributed by atoms with E-state index in [9.17, 15) is 14.4 Å². The third kappa shape index (κ3) is 7.25. The third-order valence-corrected chi connectivity index (χ3v) is 6.43. The summed E-state index contributed by atoms with van der Waals surface area (Å²) in [6.07, 6.45) is 3.05. The van der Waals surface area contributed by atoms with Gasteiger partial charge in [0.2, 0.25) is 5.91 Å². The second kappa shape index (κ2) is 12.8. The van der Waals surface area contributed by atoms with Crippen LogP contribution in [-0.4, -0.2) is 71.6 Å². The second-order valence-corrected chi connectivity index (χ2v) is 10.4. The molecule has 3 rings (SSSR count). The average molecular weight is 551 g/mol. The number of hydrogen-bond donors (Lipinski definition) is 3. The van der Waals surface area contributed by atoms with Crippen molar-refractivity contribution in [1.29, 1.82) is 0 Å². The van der Waals surface area contributed by atoms with E-state index < -0.39 is 28.9 Å². The van der Waals surface area contributed by atoms with E-state index >= 15 is 0 Å². The Bertz CT molecular complexity index is 1300. The molecular formula is C29H38N6O5. The fourth-order valence-corrected chi connectivity index (χ4v) is 3.98. The molecule has 214 valence electrons. The molecule has 0 aliphatic heterocycles. The molecule has 40 heavy (non-hydrogen) atoms. The number of amides is 3. The maximum absolute atomic E-state index is 13.4. The molecule has 0 aliphatic carbocycles. The Morgan fingerprint density at radius 3 is 2.27 bits per heavy atom. The minimum Gasteiger partial charge on any atom is -0.497 e. The van der Waals surface area contributed by atoms with Crippen LogP contribution in [0.1, 0.15) is 31.9 Å². The van der Waals surface area contributed by atoms with Gasteiger partial charge in [0.05, 0.1) is 32.2 Å². The number of nitrogens with one attached hydrogen (secondary N) is 2. The maximum atomic E-state index is 13.4. The fraction of sp³-hybridized carbons (Fsp3) is 0.379. The zero-order chi connectivity index (χ0) is 29.5. The molecule has 0 spiro atoms. The van der Waals surface area contributed by atoms with Gasteiger partial charge in [-0.05, 0) is 44.0 Å². The minimum atomic E-state index is -1.20. The van der Waals surface area contributed by atoms with Crippen LogP contribution < -0.4 is 21.1 Å². The van der Waals surface area contributed by atoms with Gasteiger partial charge in [0.1, 0.15) is 17.3 Å². The first-order valence-electron chi connectivity index (χ1n) is 12.8. The number of nitrogens with two attached hydrogens (primary N) is 1. The van der Waals surface area contributed by atoms with Gasteiger partial charge < -0.3 is 35.3 Å². The number of methoxy groups -OCH3 is 1. The summed E-state index contributed by atoms with van der Waals surface area (Å²) < 4.78 is 12.6. The lowest BCUT2D eigenvalue weighted by Gasteiger charge is -2.33. The lowest BCUT2D eigenvalue weighted by Crippen LogP contribution is -2.56. The number of likely N-dealkylation sites (N-methyl/N-ethyl adjacent to an activating group) is 1. The lowest BCUT2D eigenvalue weighted by atomic mass is 9.90. The van der Waals surface area contributed by atoms with E-state index in [1.54, 1.807) is 64.9 Å². The first kappa shape index (κ1) is 30.3. The van der Waals surface area contributed by atoms with Gasteiger partial charge >= 0.3 is 0 Å². The monoisotopic (exact) mass is 550 g/mol. The van der Waals surface area contributed by atoms with Crippen LogP contribution in [-0.2, 0) is 31.3 Å². The molecule has 0 saturated carbocycles. The molecule has 2 unspecified atom stereocenters. The van der Waals surface area contributed by atoms with Gasteiger partial charge in [0, 0.05) is 20.3 Å². The van der Waals surface area contributed by atoms with Crippen LogP contribution in [0.3, 0.4) is 0 Å². The summed E-state index contributed by atoms with van der Waals surface area (Å²) in [5.74, 6) is -0.389. The van der Waals surface area contributed by atoms with Crippen LogP contribution in [0.5, 0.6) is 5.75 Å². The highest BCUT2D eigenvalue weighted by Crippen LogP contribution is 2.30. The molecule has 1 heterocycles. The number of benzene rings is 2. The highest BCUT2D eigenvalue weighted by atomic mass is 16.5. The first-order valence-corrected chi connectivity index (χ1v) is 12.8. The molecule has 11 nitrogen and oxygen atoms in total. The average Bonchev–Trinajstić information content (AvgIpc) is 3.40. The number of imidazole rings is 1. The van der Waals surface area contributed by atoms with Gasteiger partial charge in [0.25, 0.3) is 11.8 Å². The predicted molar refractivity (Wildman–Crippen MR) is 152 cm³/mol. The molecule has 0 aliphatic rings. The van der Waals surface area contributed by atoms with Gasteiger partial charge in [-0.3, -0.25) is 14.4 Å². The summed E-state index contributed by atoms with van der Waals surface area (Å²) in [5, 5.41) is 5.39. The second-order valence-electron chi connectivity index (χ2n) is 10.4. The molecule has 2 atom stereocenters. The van der Waals surface area contributed by atoms with Crippen molar-refractivity contribution in [1.82, 2.24) is 19.8 Å². The zero-order valence-electron chi connectivity index (χ0n) is 23.8. The quantitative estimate of drug-likeness (QED) is 0.314. The van der Waals surface area contributed by atoms with Crippen LogP contribution >= 0.6 is 0 Å². The third-order valence-electron chi connectivity index (χ3n) is 6.43. The van der Waals surface area contributed by atoms with Crippen molar-refractivity contribution in [2.45, 2.75) is 44.5 Å². The molecule has 0 saturated heterocycles. The number of carbonyl (C=O) groups is 3. The number of nitrogens with zero attached hydrogens (tertiary/aromatic N) is 3. The minimum absolute atomic E-state index is 0.0913. The number of aromatic nitrogens is 2. The molecule has 3 aromatic rings. The Labute approximate surface area is 234 Å². The first-order chi connectivity index (χ1) is 18.9. The topological polar surface area (TPSA) is 141 Å². The van der Waals surface area contributed by atoms with Crippen molar-refractivity contribution in [2.24, 2.45) is 5.73 Å². The van der Waals surface area contributed by atoms with E-state index in [0.29, 0.717) is 11.3 Å². The molecule has 0 bridgehead atoms. The van der Waals surface area contributed by atoms with Crippen LogP contribution in [0.4, 0.5) is 5.82 Å². The number of hydrogen-bond acceptors (Lipinski definition) is 7. The molecule has 0 radical (unpaired) electrons. The fourth-order valence-electron chi connectivity index (χ4n) is 3.98. The predicted octanol–water partition coefficient (Wildman–Crippen LogP) is 2.12. The van der Waals surface area contributed by atoms with Crippen molar-refractivity contribution in [2.75, 3.05) is 33.1 Å². The zero-order valence-corrected chi connectivity index (χ0v) is 23.8. The Morgan fingerprint density at radius 1 is 1.05 bits per heavy atom. The van der Waals surface area contributed by atoms with E-state index in [1.807, 2.05) is 42.5 Å². The summed E-state index contributed by atoms with van der Waals surface area (Å²) in [4.78, 5) is 45.1. The summed E-state index contributed by atoms with van der Waals surface area (Å²) in [7, 11) is 4.91. The van der Waals surface area contributed by atoms with Crippen LogP contribution in [0.15, 0.2) is 67.1 Å². The van der Waals surface area contributed by atoms with Gasteiger partial charge in [0.15, 0.2) is 5.82 Å². The Morgan fingerprint density at radius 2 is 1.70 bits per heavy atom. The van der Waals surface area contributed by atoms with Crippen molar-refractivity contribution < 1.29 is 23.9 Å². The Balaban J connectivity index is 1.82. The lowest BCUT2D eigenvalue weighted by molar-refractivity contribution is -0.135. The van der Waals surface area contributed by atoms with Gasteiger partial charge in [-0.2, -0.15) is 0 Å². The molecule has 1 aromatic heterocycles. The standard InChI is InChI=1S/C29H38N6O5/c1-28(2,30)26(37)32-23(18-40-17-20-10-8-7-9-11-20)25(36)33-24-16-35(19-31-24)29(3,27(38)34(4)5)21-12-14-22(39-6)15-13-21/h7-16,19,23H,17-18,30H2,1-6H3,(H,32,37)(H,33,36). The van der Waals surface area contributed by atoms with Crippen LogP contribution in [0.25, 0.3) is 0 Å². The summed E-state index contributed by atoms with van der Waals surface area (Å²) in [6.45, 7) is 5.03. The number of carbonyl (C=O) groups excluding carboxylic acids is 3. The SMILES string of the molecule is COc1ccc(C(C)(C(=O)N(C)C)n2cnc(NC(=O)C(COCc3ccccc3)NC(=O)C(C)(C)N)c2)cc1. The highest BCUT2D eigenvalue weighted by Gasteiger charge is 2.39. The maximum Gasteiger partial charge on any atom is 0.252 e. The van der Waals surface area contributed by atoms with Gasteiger partial charge in [-0.15, -0.1) is 0 Å². The van der Waals surface area contributed by atoms with Crippen LogP contribution in [0.2, 0.25) is 0 Å². The number of rotatable bonds is 12. The van der Waals surface area contributed by atoms with Crippen molar-refractivity contribution in [3.63, 3.8) is 0 Å². The summed E-state index contributed by atoms with van der Waals surface area (Å²) >= 11 is 0. The molecule has 3 amide bonds. The van der Waals surface area contributed by atoms with Crippen LogP contribution in [0, 0.1) is 0 Å². The summed E-state index contributed by atoms with van der Waals surface area (Å²) in [5.41, 5.74) is 5.19. The summed E-state index contributed by atoms with van der Waals surface area (Å²) in [6, 6.07) is 15.6. The van der Waals surface area contributed by atoms with Gasteiger partial charge in [-0.1, -0.05) is 42.5 Å². The molecular weight excluding hydrogens is 512 g/mol. The van der Waals surface area contributed by atoms with Crippen molar-refractivity contribution in [3.05, 3.63) is 78.2 Å². The van der Waals surface area contributed by atoms with E-state index in [0.717, 1.165) is 5.56 Å². The largest absolute Gasteiger partial charge is 0.497 e. The smallest absolute Gasteiger partial charge is 0.252 e. The Kier molecular flexibility index (Phi) is 9.67. The van der Waals surface area contributed by atoms with Gasteiger partial charge in [-0.25, -0.2) is 4.98 Å². The number of anilines is 1. The normalized spacial score (nSPS) is 13.6. The molecule has 4 N–H and O–H groups in total. The molecule has 2 aromatic carbocycles. The van der Waals surface area contributed by atoms with E-state index in [1.165, 1.54) is 11.2 Å².